The summed E-state index contributed by atoms with van der Waals surface area (Å²) in [4.78, 5) is 4.02. The van der Waals surface area contributed by atoms with Gasteiger partial charge < -0.3 is 15.8 Å². The fourth-order valence-corrected chi connectivity index (χ4v) is 1.58. The molecule has 0 saturated heterocycles. The van der Waals surface area contributed by atoms with E-state index in [0.29, 0.717) is 22.2 Å². The molecular weight excluding hydrogens is 276 g/mol. The van der Waals surface area contributed by atoms with E-state index in [9.17, 15) is 8.78 Å². The van der Waals surface area contributed by atoms with E-state index in [1.54, 1.807) is 18.2 Å². The van der Waals surface area contributed by atoms with Crippen molar-refractivity contribution in [3.05, 3.63) is 41.6 Å². The molecule has 19 heavy (non-hydrogen) atoms. The van der Waals surface area contributed by atoms with Crippen molar-refractivity contribution in [3.63, 3.8) is 0 Å². The second-order valence-corrected chi connectivity index (χ2v) is 4.06. The zero-order chi connectivity index (χ0) is 13.8. The largest absolute Gasteiger partial charge is 0.435 e. The molecule has 0 aliphatic heterocycles. The molecule has 100 valence electrons. The van der Waals surface area contributed by atoms with Gasteiger partial charge in [0.1, 0.15) is 5.75 Å². The molecule has 0 unspecified atom stereocenters. The number of ether oxygens (including phenoxy) is 1. The van der Waals surface area contributed by atoms with Gasteiger partial charge >= 0.3 is 6.61 Å². The fourth-order valence-electron chi connectivity index (χ4n) is 1.42. The van der Waals surface area contributed by atoms with Gasteiger partial charge in [0.05, 0.1) is 10.7 Å². The SMILES string of the molecule is Nc1cc(Cl)cnc1Nc1ccc(OC(F)F)cc1. The number of hydrogen-bond donors (Lipinski definition) is 2. The van der Waals surface area contributed by atoms with Gasteiger partial charge in [-0.25, -0.2) is 4.98 Å². The van der Waals surface area contributed by atoms with Crippen molar-refractivity contribution in [1.82, 2.24) is 4.98 Å². The van der Waals surface area contributed by atoms with Crippen LogP contribution in [0.5, 0.6) is 5.75 Å². The van der Waals surface area contributed by atoms with Crippen LogP contribution in [-0.2, 0) is 0 Å². The number of hydrogen-bond acceptors (Lipinski definition) is 4. The van der Waals surface area contributed by atoms with E-state index in [-0.39, 0.29) is 5.75 Å². The van der Waals surface area contributed by atoms with Crippen LogP contribution in [0.3, 0.4) is 0 Å². The normalized spacial score (nSPS) is 10.5. The van der Waals surface area contributed by atoms with E-state index in [0.717, 1.165) is 0 Å². The summed E-state index contributed by atoms with van der Waals surface area (Å²) in [6.07, 6.45) is 1.45. The summed E-state index contributed by atoms with van der Waals surface area (Å²) in [5.74, 6) is 0.518. The van der Waals surface area contributed by atoms with Crippen LogP contribution in [0, 0.1) is 0 Å². The first-order chi connectivity index (χ1) is 9.04. The molecule has 2 aromatic rings. The third kappa shape index (κ3) is 3.69. The predicted molar refractivity (Wildman–Crippen MR) is 70.0 cm³/mol. The highest BCUT2D eigenvalue weighted by molar-refractivity contribution is 6.30. The second kappa shape index (κ2) is 5.71. The number of rotatable bonds is 4. The number of anilines is 3. The third-order valence-electron chi connectivity index (χ3n) is 2.23. The molecule has 1 aromatic carbocycles. The van der Waals surface area contributed by atoms with Crippen LogP contribution < -0.4 is 15.8 Å². The van der Waals surface area contributed by atoms with Crippen molar-refractivity contribution in [2.75, 3.05) is 11.1 Å². The highest BCUT2D eigenvalue weighted by atomic mass is 35.5. The quantitative estimate of drug-likeness (QED) is 0.900. The molecule has 1 heterocycles. The summed E-state index contributed by atoms with van der Waals surface area (Å²) >= 11 is 5.73. The molecule has 0 fully saturated rings. The lowest BCUT2D eigenvalue weighted by Gasteiger charge is -2.09. The number of nitrogen functional groups attached to an aromatic ring is 1. The monoisotopic (exact) mass is 285 g/mol. The fraction of sp³-hybridized carbons (Fsp3) is 0.0833. The minimum Gasteiger partial charge on any atom is -0.435 e. The van der Waals surface area contributed by atoms with E-state index in [2.05, 4.69) is 15.0 Å². The Bertz CT molecular complexity index is 563. The second-order valence-electron chi connectivity index (χ2n) is 3.62. The minimum absolute atomic E-state index is 0.0811. The zero-order valence-electron chi connectivity index (χ0n) is 9.61. The molecule has 1 aromatic heterocycles. The molecule has 0 amide bonds. The zero-order valence-corrected chi connectivity index (χ0v) is 10.4. The van der Waals surface area contributed by atoms with Gasteiger partial charge in [0, 0.05) is 11.9 Å². The molecule has 0 atom stereocenters. The smallest absolute Gasteiger partial charge is 0.387 e. The number of nitrogens with zero attached hydrogens (tertiary/aromatic N) is 1. The van der Waals surface area contributed by atoms with E-state index >= 15 is 0 Å². The number of alkyl halides is 2. The van der Waals surface area contributed by atoms with Crippen LogP contribution in [0.25, 0.3) is 0 Å². The summed E-state index contributed by atoms with van der Waals surface area (Å²) in [6, 6.07) is 7.55. The molecule has 0 bridgehead atoms. The molecule has 0 aliphatic rings. The number of pyridine rings is 1. The van der Waals surface area contributed by atoms with Crippen LogP contribution in [0.4, 0.5) is 26.0 Å². The average Bonchev–Trinajstić information content (AvgIpc) is 2.34. The Morgan fingerprint density at radius 1 is 1.26 bits per heavy atom. The van der Waals surface area contributed by atoms with Gasteiger partial charge in [-0.1, -0.05) is 11.6 Å². The molecule has 2 rings (SSSR count). The first kappa shape index (κ1) is 13.4. The van der Waals surface area contributed by atoms with Crippen molar-refractivity contribution < 1.29 is 13.5 Å². The standard InChI is InChI=1S/C12H10ClF2N3O/c13-7-5-10(16)11(17-6-7)18-8-1-3-9(4-2-8)19-12(14)15/h1-6,12H,16H2,(H,17,18). The lowest BCUT2D eigenvalue weighted by Crippen LogP contribution is -2.02. The lowest BCUT2D eigenvalue weighted by atomic mass is 10.3. The third-order valence-corrected chi connectivity index (χ3v) is 2.43. The molecule has 0 saturated carbocycles. The number of benzene rings is 1. The van der Waals surface area contributed by atoms with Crippen LogP contribution in [0.15, 0.2) is 36.5 Å². The summed E-state index contributed by atoms with van der Waals surface area (Å²) in [6.45, 7) is -2.84. The summed E-state index contributed by atoms with van der Waals surface area (Å²) in [7, 11) is 0. The minimum atomic E-state index is -2.84. The van der Waals surface area contributed by atoms with Crippen molar-refractivity contribution in [2.24, 2.45) is 0 Å². The van der Waals surface area contributed by atoms with Gasteiger partial charge in [0.15, 0.2) is 5.82 Å². The van der Waals surface area contributed by atoms with Gasteiger partial charge in [-0.15, -0.1) is 0 Å². The Kier molecular flexibility index (Phi) is 4.01. The Hall–Kier alpha value is -2.08. The number of aromatic nitrogens is 1. The lowest BCUT2D eigenvalue weighted by molar-refractivity contribution is -0.0498. The first-order valence-corrected chi connectivity index (χ1v) is 5.65. The van der Waals surface area contributed by atoms with E-state index in [4.69, 9.17) is 17.3 Å². The van der Waals surface area contributed by atoms with E-state index in [1.165, 1.54) is 18.3 Å². The van der Waals surface area contributed by atoms with Gasteiger partial charge in [0.25, 0.3) is 0 Å². The molecule has 0 aliphatic carbocycles. The van der Waals surface area contributed by atoms with Gasteiger partial charge in [-0.2, -0.15) is 8.78 Å². The van der Waals surface area contributed by atoms with E-state index in [1.807, 2.05) is 0 Å². The molecule has 4 nitrogen and oxygen atoms in total. The Morgan fingerprint density at radius 3 is 2.53 bits per heavy atom. The number of nitrogens with one attached hydrogen (secondary N) is 1. The Balaban J connectivity index is 2.10. The van der Waals surface area contributed by atoms with Gasteiger partial charge in [-0.05, 0) is 30.3 Å². The van der Waals surface area contributed by atoms with E-state index < -0.39 is 6.61 Å². The Labute approximate surface area is 113 Å². The number of halogens is 3. The molecule has 7 heteroatoms. The van der Waals surface area contributed by atoms with Crippen molar-refractivity contribution in [1.29, 1.82) is 0 Å². The van der Waals surface area contributed by atoms with Crippen LogP contribution in [-0.4, -0.2) is 11.6 Å². The summed E-state index contributed by atoms with van der Waals surface area (Å²) in [5.41, 5.74) is 6.76. The topological polar surface area (TPSA) is 60.2 Å². The first-order valence-electron chi connectivity index (χ1n) is 5.27. The Morgan fingerprint density at radius 2 is 1.95 bits per heavy atom. The highest BCUT2D eigenvalue weighted by Gasteiger charge is 2.05. The van der Waals surface area contributed by atoms with Crippen molar-refractivity contribution in [3.8, 4) is 5.75 Å². The van der Waals surface area contributed by atoms with Gasteiger partial charge in [-0.3, -0.25) is 0 Å². The van der Waals surface area contributed by atoms with Crippen LogP contribution in [0.2, 0.25) is 5.02 Å². The van der Waals surface area contributed by atoms with Crippen molar-refractivity contribution in [2.45, 2.75) is 6.61 Å². The predicted octanol–water partition coefficient (Wildman–Crippen LogP) is 3.66. The van der Waals surface area contributed by atoms with Gasteiger partial charge in [0.2, 0.25) is 0 Å². The van der Waals surface area contributed by atoms with Crippen LogP contribution >= 0.6 is 11.6 Å². The maximum absolute atomic E-state index is 12.0. The molecule has 0 radical (unpaired) electrons. The number of nitrogens with two attached hydrogens (primary N) is 1. The molecule has 3 N–H and O–H groups in total. The highest BCUT2D eigenvalue weighted by Crippen LogP contribution is 2.25. The summed E-state index contributed by atoms with van der Waals surface area (Å²) < 4.78 is 28.2. The molecule has 0 spiro atoms. The maximum atomic E-state index is 12.0. The molecular formula is C12H10ClF2N3O. The van der Waals surface area contributed by atoms with Crippen LogP contribution in [0.1, 0.15) is 0 Å². The van der Waals surface area contributed by atoms with Crippen molar-refractivity contribution >= 4 is 28.8 Å². The maximum Gasteiger partial charge on any atom is 0.387 e. The summed E-state index contributed by atoms with van der Waals surface area (Å²) in [5, 5.41) is 3.38. The average molecular weight is 286 g/mol.